The fraction of sp³-hybridized carbons (Fsp3) is 0.120. The summed E-state index contributed by atoms with van der Waals surface area (Å²) in [5.41, 5.74) is 8.59. The molecule has 0 N–H and O–H groups in total. The average molecular weight is 320 g/mol. The van der Waals surface area contributed by atoms with Gasteiger partial charge < -0.3 is 0 Å². The molecule has 0 spiro atoms. The van der Waals surface area contributed by atoms with Crippen LogP contribution in [0.4, 0.5) is 0 Å². The van der Waals surface area contributed by atoms with Gasteiger partial charge in [-0.1, -0.05) is 78.4 Å². The molecule has 0 heteroatoms. The topological polar surface area (TPSA) is 0 Å². The van der Waals surface area contributed by atoms with E-state index < -0.39 is 0 Å². The minimum Gasteiger partial charge on any atom is -0.0616 e. The Balaban J connectivity index is 1.90. The SMILES string of the molecule is CC1=C(c2cccc3ccc4ccccc4c23)c2cccc(C)c2C1. The Kier molecular flexibility index (Phi) is 3.08. The maximum atomic E-state index is 2.30. The van der Waals surface area contributed by atoms with Crippen molar-refractivity contribution in [2.45, 2.75) is 20.3 Å². The van der Waals surface area contributed by atoms with E-state index in [-0.39, 0.29) is 0 Å². The van der Waals surface area contributed by atoms with E-state index in [2.05, 4.69) is 86.6 Å². The van der Waals surface area contributed by atoms with Crippen molar-refractivity contribution in [2.75, 3.05) is 0 Å². The zero-order valence-electron chi connectivity index (χ0n) is 14.6. The van der Waals surface area contributed by atoms with Crippen molar-refractivity contribution >= 4 is 27.1 Å². The summed E-state index contributed by atoms with van der Waals surface area (Å²) in [5.74, 6) is 0. The van der Waals surface area contributed by atoms with Crippen LogP contribution < -0.4 is 0 Å². The quantitative estimate of drug-likeness (QED) is 0.343. The van der Waals surface area contributed by atoms with Gasteiger partial charge in [-0.25, -0.2) is 0 Å². The van der Waals surface area contributed by atoms with Gasteiger partial charge in [0.25, 0.3) is 0 Å². The Hall–Kier alpha value is -2.86. The summed E-state index contributed by atoms with van der Waals surface area (Å²) < 4.78 is 0. The van der Waals surface area contributed by atoms with Crippen LogP contribution in [0.5, 0.6) is 0 Å². The number of allylic oxidation sites excluding steroid dienone is 1. The van der Waals surface area contributed by atoms with Crippen LogP contribution >= 0.6 is 0 Å². The Labute approximate surface area is 148 Å². The highest BCUT2D eigenvalue weighted by Gasteiger charge is 2.23. The number of hydrogen-bond donors (Lipinski definition) is 0. The number of benzene rings is 4. The summed E-state index contributed by atoms with van der Waals surface area (Å²) in [6.07, 6.45) is 1.07. The highest BCUT2D eigenvalue weighted by Crippen LogP contribution is 2.42. The summed E-state index contributed by atoms with van der Waals surface area (Å²) in [6.45, 7) is 4.52. The van der Waals surface area contributed by atoms with Crippen LogP contribution in [0.2, 0.25) is 0 Å². The van der Waals surface area contributed by atoms with Crippen LogP contribution in [0.1, 0.15) is 29.2 Å². The Bertz CT molecular complexity index is 1180. The van der Waals surface area contributed by atoms with E-state index in [0.29, 0.717) is 0 Å². The summed E-state index contributed by atoms with van der Waals surface area (Å²) >= 11 is 0. The van der Waals surface area contributed by atoms with Crippen molar-refractivity contribution < 1.29 is 0 Å². The smallest absolute Gasteiger partial charge is 0.00266 e. The minimum atomic E-state index is 1.07. The maximum absolute atomic E-state index is 2.30. The molecule has 4 aromatic carbocycles. The lowest BCUT2D eigenvalue weighted by molar-refractivity contribution is 1.16. The highest BCUT2D eigenvalue weighted by molar-refractivity contribution is 6.14. The van der Waals surface area contributed by atoms with Crippen molar-refractivity contribution in [1.29, 1.82) is 0 Å². The number of aryl methyl sites for hydroxylation is 1. The van der Waals surface area contributed by atoms with Gasteiger partial charge in [0, 0.05) is 0 Å². The van der Waals surface area contributed by atoms with Crippen LogP contribution in [-0.4, -0.2) is 0 Å². The molecular formula is C25H20. The Morgan fingerprint density at radius 3 is 2.28 bits per heavy atom. The van der Waals surface area contributed by atoms with Crippen LogP contribution in [-0.2, 0) is 6.42 Å². The summed E-state index contributed by atoms with van der Waals surface area (Å²) in [5, 5.41) is 5.35. The fourth-order valence-electron chi connectivity index (χ4n) is 4.40. The van der Waals surface area contributed by atoms with Crippen molar-refractivity contribution in [3.8, 4) is 0 Å². The first-order valence-electron chi connectivity index (χ1n) is 8.93. The molecule has 1 aliphatic rings. The van der Waals surface area contributed by atoms with Gasteiger partial charge in [-0.05, 0) is 69.6 Å². The van der Waals surface area contributed by atoms with E-state index in [1.165, 1.54) is 54.9 Å². The van der Waals surface area contributed by atoms with Gasteiger partial charge in [-0.15, -0.1) is 0 Å². The second kappa shape index (κ2) is 5.32. The summed E-state index contributed by atoms with van der Waals surface area (Å²) in [6, 6.07) is 26.6. The second-order valence-electron chi connectivity index (χ2n) is 7.12. The third-order valence-electron chi connectivity index (χ3n) is 5.59. The van der Waals surface area contributed by atoms with Crippen molar-refractivity contribution in [1.82, 2.24) is 0 Å². The maximum Gasteiger partial charge on any atom is -0.00266 e. The summed E-state index contributed by atoms with van der Waals surface area (Å²) in [7, 11) is 0. The lowest BCUT2D eigenvalue weighted by atomic mass is 9.90. The molecule has 0 unspecified atom stereocenters. The van der Waals surface area contributed by atoms with Gasteiger partial charge in [0.1, 0.15) is 0 Å². The molecule has 0 saturated heterocycles. The highest BCUT2D eigenvalue weighted by atomic mass is 14.3. The second-order valence-corrected chi connectivity index (χ2v) is 7.12. The Morgan fingerprint density at radius 1 is 0.640 bits per heavy atom. The monoisotopic (exact) mass is 320 g/mol. The van der Waals surface area contributed by atoms with Gasteiger partial charge in [-0.2, -0.15) is 0 Å². The molecule has 0 bridgehead atoms. The predicted molar refractivity (Wildman–Crippen MR) is 108 cm³/mol. The van der Waals surface area contributed by atoms with Crippen LogP contribution in [0.25, 0.3) is 27.1 Å². The molecule has 0 fully saturated rings. The first kappa shape index (κ1) is 14.5. The molecule has 4 aromatic rings. The molecule has 0 aromatic heterocycles. The number of rotatable bonds is 1. The number of fused-ring (bicyclic) bond motifs is 4. The van der Waals surface area contributed by atoms with Gasteiger partial charge in [0.2, 0.25) is 0 Å². The standard InChI is InChI=1S/C25H20/c1-16-7-5-11-21-23(16)15-17(2)24(21)22-12-6-9-19-14-13-18-8-3-4-10-20(18)25(19)22/h3-14H,15H2,1-2H3. The first-order valence-corrected chi connectivity index (χ1v) is 8.93. The molecule has 5 rings (SSSR count). The summed E-state index contributed by atoms with van der Waals surface area (Å²) in [4.78, 5) is 0. The third kappa shape index (κ3) is 2.07. The molecular weight excluding hydrogens is 300 g/mol. The van der Waals surface area contributed by atoms with Gasteiger partial charge >= 0.3 is 0 Å². The lowest BCUT2D eigenvalue weighted by Crippen LogP contribution is -1.92. The van der Waals surface area contributed by atoms with Gasteiger partial charge in [0.15, 0.2) is 0 Å². The third-order valence-corrected chi connectivity index (χ3v) is 5.59. The lowest BCUT2D eigenvalue weighted by Gasteiger charge is -2.14. The molecule has 1 aliphatic carbocycles. The van der Waals surface area contributed by atoms with Gasteiger partial charge in [0.05, 0.1) is 0 Å². The van der Waals surface area contributed by atoms with E-state index in [1.54, 1.807) is 0 Å². The van der Waals surface area contributed by atoms with E-state index in [1.807, 2.05) is 0 Å². The van der Waals surface area contributed by atoms with Crippen LogP contribution in [0.15, 0.2) is 78.4 Å². The van der Waals surface area contributed by atoms with E-state index in [4.69, 9.17) is 0 Å². The van der Waals surface area contributed by atoms with Crippen LogP contribution in [0, 0.1) is 6.92 Å². The molecule has 0 heterocycles. The minimum absolute atomic E-state index is 1.07. The first-order chi connectivity index (χ1) is 12.2. The molecule has 25 heavy (non-hydrogen) atoms. The van der Waals surface area contributed by atoms with E-state index in [0.717, 1.165) is 6.42 Å². The largest absolute Gasteiger partial charge is 0.0616 e. The van der Waals surface area contributed by atoms with E-state index >= 15 is 0 Å². The molecule has 0 atom stereocenters. The normalized spacial score (nSPS) is 13.7. The van der Waals surface area contributed by atoms with Gasteiger partial charge in [-0.3, -0.25) is 0 Å². The van der Waals surface area contributed by atoms with Crippen LogP contribution in [0.3, 0.4) is 0 Å². The fourth-order valence-corrected chi connectivity index (χ4v) is 4.40. The molecule has 0 nitrogen and oxygen atoms in total. The molecule has 0 amide bonds. The Morgan fingerprint density at radius 2 is 1.36 bits per heavy atom. The van der Waals surface area contributed by atoms with E-state index in [9.17, 15) is 0 Å². The predicted octanol–water partition coefficient (Wildman–Crippen LogP) is 6.68. The van der Waals surface area contributed by atoms with Crippen molar-refractivity contribution in [3.05, 3.63) is 101 Å². The average Bonchev–Trinajstić information content (AvgIpc) is 2.98. The number of hydrogen-bond acceptors (Lipinski definition) is 0. The zero-order valence-corrected chi connectivity index (χ0v) is 14.6. The van der Waals surface area contributed by atoms with Crippen molar-refractivity contribution in [2.24, 2.45) is 0 Å². The molecule has 0 saturated carbocycles. The molecule has 120 valence electrons. The molecule has 0 aliphatic heterocycles. The molecule has 0 radical (unpaired) electrons. The zero-order chi connectivity index (χ0) is 17.0. The van der Waals surface area contributed by atoms with Crippen molar-refractivity contribution in [3.63, 3.8) is 0 Å².